The van der Waals surface area contributed by atoms with Crippen LogP contribution in [0.3, 0.4) is 0 Å². The van der Waals surface area contributed by atoms with Crippen molar-refractivity contribution < 1.29 is 14.1 Å². The van der Waals surface area contributed by atoms with Crippen LogP contribution in [-0.2, 0) is 17.8 Å². The first kappa shape index (κ1) is 18.1. The molecule has 1 fully saturated rings. The number of benzene rings is 2. The van der Waals surface area contributed by atoms with Crippen LogP contribution in [0.2, 0.25) is 0 Å². The highest BCUT2D eigenvalue weighted by Crippen LogP contribution is 2.22. The highest BCUT2D eigenvalue weighted by atomic mass is 16.5. The van der Waals surface area contributed by atoms with E-state index in [0.717, 1.165) is 32.5 Å². The summed E-state index contributed by atoms with van der Waals surface area (Å²) >= 11 is 0. The molecule has 2 aromatic carbocycles. The number of H-pyrrole nitrogens is 1. The molecule has 8 nitrogen and oxygen atoms in total. The lowest BCUT2D eigenvalue weighted by molar-refractivity contribution is -0.128. The number of nitrogens with zero attached hydrogens (tertiary/aromatic N) is 3. The Kier molecular flexibility index (Phi) is 4.31. The molecule has 2 aromatic heterocycles. The average Bonchev–Trinajstić information content (AvgIpc) is 3.44. The van der Waals surface area contributed by atoms with Gasteiger partial charge >= 0.3 is 6.03 Å². The van der Waals surface area contributed by atoms with Crippen molar-refractivity contribution in [3.05, 3.63) is 71.7 Å². The maximum Gasteiger partial charge on any atom is 0.325 e. The molecule has 4 aromatic rings. The topological polar surface area (TPSA) is 104 Å². The van der Waals surface area contributed by atoms with Gasteiger partial charge < -0.3 is 14.8 Å². The molecule has 0 aliphatic carbocycles. The molecule has 3 amide bonds. The quantitative estimate of drug-likeness (QED) is 0.500. The van der Waals surface area contributed by atoms with Crippen molar-refractivity contribution in [3.8, 4) is 11.4 Å². The standard InChI is InChI=1S/C22H19N5O3/c1-13-6-8-14(9-7-13)20-25-19(30-26-20)12-27-21(28)18(24-22(27)29)10-15-11-23-17-5-3-2-4-16(15)17/h2-9,11,18,23H,10,12H2,1H3,(H,24,29). The fourth-order valence-electron chi connectivity index (χ4n) is 3.66. The number of nitrogens with one attached hydrogen (secondary N) is 2. The molecule has 0 radical (unpaired) electrons. The Morgan fingerprint density at radius 1 is 1.10 bits per heavy atom. The maximum absolute atomic E-state index is 12.8. The van der Waals surface area contributed by atoms with E-state index in [0.29, 0.717) is 12.2 Å². The molecule has 1 atom stereocenters. The summed E-state index contributed by atoms with van der Waals surface area (Å²) in [6.45, 7) is 1.93. The van der Waals surface area contributed by atoms with Gasteiger partial charge in [-0.25, -0.2) is 4.79 Å². The Bertz CT molecular complexity index is 1240. The molecule has 1 aliphatic rings. The van der Waals surface area contributed by atoms with E-state index in [1.54, 1.807) is 0 Å². The van der Waals surface area contributed by atoms with Gasteiger partial charge in [-0.2, -0.15) is 4.98 Å². The minimum atomic E-state index is -0.629. The third-order valence-electron chi connectivity index (χ3n) is 5.28. The molecule has 1 aliphatic heterocycles. The fourth-order valence-corrected chi connectivity index (χ4v) is 3.66. The Labute approximate surface area is 171 Å². The van der Waals surface area contributed by atoms with Crippen molar-refractivity contribution in [2.75, 3.05) is 0 Å². The third kappa shape index (κ3) is 3.22. The number of aromatic amines is 1. The molecule has 0 saturated carbocycles. The first-order chi connectivity index (χ1) is 14.6. The SMILES string of the molecule is Cc1ccc(-c2noc(CN3C(=O)NC(Cc4c[nH]c5ccccc45)C3=O)n2)cc1. The zero-order chi connectivity index (χ0) is 20.7. The number of urea groups is 1. The van der Waals surface area contributed by atoms with Gasteiger partial charge in [-0.3, -0.25) is 9.69 Å². The summed E-state index contributed by atoms with van der Waals surface area (Å²) in [5, 5.41) is 7.76. The Hall–Kier alpha value is -3.94. The van der Waals surface area contributed by atoms with Gasteiger partial charge in [0, 0.05) is 29.1 Å². The molecule has 0 spiro atoms. The van der Waals surface area contributed by atoms with E-state index >= 15 is 0 Å². The van der Waals surface area contributed by atoms with E-state index in [1.807, 2.05) is 61.7 Å². The van der Waals surface area contributed by atoms with Gasteiger partial charge in [-0.05, 0) is 18.6 Å². The average molecular weight is 401 g/mol. The molecule has 1 unspecified atom stereocenters. The largest absolute Gasteiger partial charge is 0.361 e. The summed E-state index contributed by atoms with van der Waals surface area (Å²) in [6.07, 6.45) is 2.28. The van der Waals surface area contributed by atoms with Gasteiger partial charge in [0.25, 0.3) is 5.91 Å². The molecule has 0 bridgehead atoms. The van der Waals surface area contributed by atoms with Crippen LogP contribution >= 0.6 is 0 Å². The van der Waals surface area contributed by atoms with Gasteiger partial charge in [0.1, 0.15) is 12.6 Å². The van der Waals surface area contributed by atoms with Crippen LogP contribution in [0, 0.1) is 6.92 Å². The zero-order valence-electron chi connectivity index (χ0n) is 16.3. The van der Waals surface area contributed by atoms with Crippen LogP contribution in [0.5, 0.6) is 0 Å². The zero-order valence-corrected chi connectivity index (χ0v) is 16.3. The predicted octanol–water partition coefficient (Wildman–Crippen LogP) is 3.19. The number of hydrogen-bond acceptors (Lipinski definition) is 5. The number of para-hydroxylation sites is 1. The molecule has 8 heteroatoms. The van der Waals surface area contributed by atoms with Gasteiger partial charge in [0.05, 0.1) is 0 Å². The summed E-state index contributed by atoms with van der Waals surface area (Å²) in [5.41, 5.74) is 3.91. The monoisotopic (exact) mass is 401 g/mol. The summed E-state index contributed by atoms with van der Waals surface area (Å²) in [7, 11) is 0. The lowest BCUT2D eigenvalue weighted by Crippen LogP contribution is -2.32. The van der Waals surface area contributed by atoms with Crippen LogP contribution in [0.4, 0.5) is 4.79 Å². The van der Waals surface area contributed by atoms with Gasteiger partial charge in [0.2, 0.25) is 11.7 Å². The number of imide groups is 1. The smallest absolute Gasteiger partial charge is 0.325 e. The Morgan fingerprint density at radius 3 is 2.73 bits per heavy atom. The van der Waals surface area contributed by atoms with Crippen LogP contribution in [0.1, 0.15) is 17.0 Å². The van der Waals surface area contributed by atoms with Crippen LogP contribution < -0.4 is 5.32 Å². The van der Waals surface area contributed by atoms with E-state index in [9.17, 15) is 9.59 Å². The van der Waals surface area contributed by atoms with Crippen LogP contribution in [0.15, 0.2) is 59.3 Å². The molecule has 2 N–H and O–H groups in total. The number of fused-ring (bicyclic) bond motifs is 1. The second kappa shape index (κ2) is 7.14. The first-order valence-corrected chi connectivity index (χ1v) is 9.65. The fraction of sp³-hybridized carbons (Fsp3) is 0.182. The van der Waals surface area contributed by atoms with Crippen molar-refractivity contribution >= 4 is 22.8 Å². The highest BCUT2D eigenvalue weighted by Gasteiger charge is 2.39. The second-order valence-corrected chi connectivity index (χ2v) is 7.37. The van der Waals surface area contributed by atoms with Crippen molar-refractivity contribution in [2.45, 2.75) is 25.9 Å². The predicted molar refractivity (Wildman–Crippen MR) is 109 cm³/mol. The highest BCUT2D eigenvalue weighted by molar-refractivity contribution is 6.04. The van der Waals surface area contributed by atoms with Crippen LogP contribution in [-0.4, -0.2) is 38.0 Å². The molecule has 1 saturated heterocycles. The van der Waals surface area contributed by atoms with Crippen molar-refractivity contribution in [1.82, 2.24) is 25.3 Å². The third-order valence-corrected chi connectivity index (χ3v) is 5.28. The molecule has 5 rings (SSSR count). The van der Waals surface area contributed by atoms with Crippen molar-refractivity contribution in [2.24, 2.45) is 0 Å². The number of carbonyl (C=O) groups is 2. The number of aryl methyl sites for hydroxylation is 1. The number of hydrogen-bond donors (Lipinski definition) is 2. The van der Waals surface area contributed by atoms with Crippen molar-refractivity contribution in [3.63, 3.8) is 0 Å². The number of amides is 3. The minimum absolute atomic E-state index is 0.0616. The molecule has 3 heterocycles. The first-order valence-electron chi connectivity index (χ1n) is 9.65. The lowest BCUT2D eigenvalue weighted by Gasteiger charge is -2.10. The summed E-state index contributed by atoms with van der Waals surface area (Å²) in [4.78, 5) is 33.9. The number of aromatic nitrogens is 3. The lowest BCUT2D eigenvalue weighted by atomic mass is 10.1. The molecular weight excluding hydrogens is 382 g/mol. The van der Waals surface area contributed by atoms with E-state index in [1.165, 1.54) is 0 Å². The number of carbonyl (C=O) groups excluding carboxylic acids is 2. The van der Waals surface area contributed by atoms with E-state index in [4.69, 9.17) is 4.52 Å². The second-order valence-electron chi connectivity index (χ2n) is 7.37. The van der Waals surface area contributed by atoms with E-state index in [2.05, 4.69) is 20.4 Å². The van der Waals surface area contributed by atoms with E-state index < -0.39 is 12.1 Å². The maximum atomic E-state index is 12.8. The number of rotatable bonds is 5. The molecule has 30 heavy (non-hydrogen) atoms. The van der Waals surface area contributed by atoms with Gasteiger partial charge in [-0.15, -0.1) is 0 Å². The summed E-state index contributed by atoms with van der Waals surface area (Å²) in [5.74, 6) is 0.328. The minimum Gasteiger partial charge on any atom is -0.361 e. The van der Waals surface area contributed by atoms with Crippen molar-refractivity contribution in [1.29, 1.82) is 0 Å². The Morgan fingerprint density at radius 2 is 1.90 bits per heavy atom. The summed E-state index contributed by atoms with van der Waals surface area (Å²) < 4.78 is 5.27. The molecular formula is C22H19N5O3. The van der Waals surface area contributed by atoms with Gasteiger partial charge in [0.15, 0.2) is 0 Å². The van der Waals surface area contributed by atoms with Gasteiger partial charge in [-0.1, -0.05) is 53.2 Å². The molecule has 150 valence electrons. The normalized spacial score (nSPS) is 16.4. The van der Waals surface area contributed by atoms with E-state index in [-0.39, 0.29) is 18.3 Å². The van der Waals surface area contributed by atoms with Crippen LogP contribution in [0.25, 0.3) is 22.3 Å². The summed E-state index contributed by atoms with van der Waals surface area (Å²) in [6, 6.07) is 14.5. The Balaban J connectivity index is 1.31.